The first kappa shape index (κ1) is 22.1. The van der Waals surface area contributed by atoms with E-state index < -0.39 is 17.5 Å². The van der Waals surface area contributed by atoms with Gasteiger partial charge in [-0.25, -0.2) is 8.78 Å². The van der Waals surface area contributed by atoms with Crippen molar-refractivity contribution < 1.29 is 17.9 Å². The number of hydrogen-bond acceptors (Lipinski definition) is 2. The molecule has 4 aromatic rings. The molecular formula is C28H20F3NO. The maximum Gasteiger partial charge on any atom is 0.201 e. The van der Waals surface area contributed by atoms with Crippen LogP contribution in [0.5, 0.6) is 5.75 Å². The van der Waals surface area contributed by atoms with E-state index >= 15 is 0 Å². The zero-order valence-corrected chi connectivity index (χ0v) is 17.7. The van der Waals surface area contributed by atoms with Crippen LogP contribution >= 0.6 is 0 Å². The van der Waals surface area contributed by atoms with Gasteiger partial charge >= 0.3 is 0 Å². The van der Waals surface area contributed by atoms with Crippen molar-refractivity contribution in [2.75, 3.05) is 6.61 Å². The average Bonchev–Trinajstić information content (AvgIpc) is 2.85. The van der Waals surface area contributed by atoms with Gasteiger partial charge in [-0.3, -0.25) is 4.98 Å². The number of rotatable bonds is 7. The summed E-state index contributed by atoms with van der Waals surface area (Å²) in [5, 5.41) is 0. The topological polar surface area (TPSA) is 22.1 Å². The fraction of sp³-hybridized carbons (Fsp3) is 0.0357. The Morgan fingerprint density at radius 2 is 1.45 bits per heavy atom. The molecule has 5 heteroatoms. The van der Waals surface area contributed by atoms with Gasteiger partial charge < -0.3 is 4.74 Å². The number of ether oxygens (including phenoxy) is 1. The molecule has 0 saturated carbocycles. The van der Waals surface area contributed by atoms with Crippen molar-refractivity contribution in [2.45, 2.75) is 0 Å². The van der Waals surface area contributed by atoms with Crippen LogP contribution in [-0.2, 0) is 0 Å². The number of benzene rings is 3. The molecule has 0 aliphatic heterocycles. The highest BCUT2D eigenvalue weighted by molar-refractivity contribution is 5.73. The molecule has 0 radical (unpaired) electrons. The van der Waals surface area contributed by atoms with Gasteiger partial charge in [0, 0.05) is 17.3 Å². The molecule has 4 rings (SSSR count). The predicted molar refractivity (Wildman–Crippen MR) is 126 cm³/mol. The van der Waals surface area contributed by atoms with E-state index in [4.69, 9.17) is 4.74 Å². The number of nitrogens with zero attached hydrogens (tertiary/aromatic N) is 1. The summed E-state index contributed by atoms with van der Waals surface area (Å²) in [5.74, 6) is -2.61. The van der Waals surface area contributed by atoms with Gasteiger partial charge in [0.05, 0.1) is 5.69 Å². The van der Waals surface area contributed by atoms with Crippen LogP contribution in [0.3, 0.4) is 0 Å². The summed E-state index contributed by atoms with van der Waals surface area (Å²) in [4.78, 5) is 4.27. The van der Waals surface area contributed by atoms with E-state index in [2.05, 4.69) is 18.1 Å². The highest BCUT2D eigenvalue weighted by Crippen LogP contribution is 2.32. The standard InChI is InChI=1S/C28H20F3NO/c1-3-15-33-26-14-12-22(27(30)28(26)31)20-8-6-19(7-9-20)21-10-11-23(24(29)16-21)25-13-5-18(4-2)17-32-25/h3-14,16-17H,1-2,15H2. The second-order valence-corrected chi connectivity index (χ2v) is 7.29. The molecule has 0 atom stereocenters. The lowest BCUT2D eigenvalue weighted by Crippen LogP contribution is -1.99. The lowest BCUT2D eigenvalue weighted by molar-refractivity contribution is 0.333. The normalized spacial score (nSPS) is 10.6. The number of aromatic nitrogens is 1. The average molecular weight is 443 g/mol. The van der Waals surface area contributed by atoms with E-state index in [0.717, 1.165) is 11.1 Å². The first-order valence-electron chi connectivity index (χ1n) is 10.2. The second kappa shape index (κ2) is 9.57. The number of hydrogen-bond donors (Lipinski definition) is 0. The van der Waals surface area contributed by atoms with Gasteiger partial charge in [0.15, 0.2) is 11.6 Å². The summed E-state index contributed by atoms with van der Waals surface area (Å²) in [5.41, 5.74) is 3.78. The molecule has 0 aliphatic carbocycles. The van der Waals surface area contributed by atoms with E-state index in [1.807, 2.05) is 6.07 Å². The van der Waals surface area contributed by atoms with Crippen LogP contribution in [0.25, 0.3) is 39.6 Å². The van der Waals surface area contributed by atoms with E-state index in [1.54, 1.807) is 54.7 Å². The molecule has 1 heterocycles. The Bertz CT molecular complexity index is 1310. The van der Waals surface area contributed by atoms with Gasteiger partial charge in [-0.15, -0.1) is 0 Å². The van der Waals surface area contributed by atoms with Gasteiger partial charge in [0.25, 0.3) is 0 Å². The number of pyridine rings is 1. The van der Waals surface area contributed by atoms with Crippen molar-refractivity contribution in [1.82, 2.24) is 4.98 Å². The predicted octanol–water partition coefficient (Wildman–Crippen LogP) is 7.71. The Balaban J connectivity index is 1.59. The van der Waals surface area contributed by atoms with Crippen LogP contribution in [-0.4, -0.2) is 11.6 Å². The van der Waals surface area contributed by atoms with Crippen molar-refractivity contribution in [1.29, 1.82) is 0 Å². The SMILES string of the molecule is C=CCOc1ccc(-c2ccc(-c3ccc(-c4ccc(C=C)cn4)c(F)c3)cc2)c(F)c1F. The summed E-state index contributed by atoms with van der Waals surface area (Å²) < 4.78 is 48.8. The van der Waals surface area contributed by atoms with E-state index in [-0.39, 0.29) is 17.9 Å². The fourth-order valence-electron chi connectivity index (χ4n) is 3.44. The molecule has 0 unspecified atom stereocenters. The lowest BCUT2D eigenvalue weighted by Gasteiger charge is -2.10. The van der Waals surface area contributed by atoms with Crippen molar-refractivity contribution >= 4 is 6.08 Å². The minimum Gasteiger partial charge on any atom is -0.486 e. The molecule has 3 aromatic carbocycles. The molecule has 33 heavy (non-hydrogen) atoms. The molecule has 164 valence electrons. The highest BCUT2D eigenvalue weighted by atomic mass is 19.2. The molecule has 0 amide bonds. The third-order valence-electron chi connectivity index (χ3n) is 5.20. The van der Waals surface area contributed by atoms with Crippen molar-refractivity contribution in [2.24, 2.45) is 0 Å². The van der Waals surface area contributed by atoms with Crippen LogP contribution in [0.1, 0.15) is 5.56 Å². The molecule has 0 aliphatic rings. The summed E-state index contributed by atoms with van der Waals surface area (Å²) in [6.45, 7) is 7.25. The first-order chi connectivity index (χ1) is 16.0. The monoisotopic (exact) mass is 443 g/mol. The Morgan fingerprint density at radius 1 is 0.758 bits per heavy atom. The second-order valence-electron chi connectivity index (χ2n) is 7.29. The van der Waals surface area contributed by atoms with Crippen LogP contribution < -0.4 is 4.74 Å². The summed E-state index contributed by atoms with van der Waals surface area (Å²) >= 11 is 0. The van der Waals surface area contributed by atoms with Gasteiger partial charge in [0.2, 0.25) is 5.82 Å². The maximum atomic E-state index is 14.8. The van der Waals surface area contributed by atoms with Crippen LogP contribution in [0.15, 0.2) is 92.2 Å². The Morgan fingerprint density at radius 3 is 2.09 bits per heavy atom. The third-order valence-corrected chi connectivity index (χ3v) is 5.20. The number of halogens is 3. The lowest BCUT2D eigenvalue weighted by atomic mass is 9.98. The van der Waals surface area contributed by atoms with Crippen molar-refractivity contribution in [3.8, 4) is 39.3 Å². The molecular weight excluding hydrogens is 423 g/mol. The quantitative estimate of drug-likeness (QED) is 0.273. The summed E-state index contributed by atoms with van der Waals surface area (Å²) in [6, 6.07) is 18.1. The van der Waals surface area contributed by atoms with E-state index in [1.165, 1.54) is 24.3 Å². The van der Waals surface area contributed by atoms with Crippen LogP contribution in [0.2, 0.25) is 0 Å². The smallest absolute Gasteiger partial charge is 0.201 e. The zero-order chi connectivity index (χ0) is 23.4. The third kappa shape index (κ3) is 4.58. The molecule has 0 bridgehead atoms. The Hall–Kier alpha value is -4.12. The fourth-order valence-corrected chi connectivity index (χ4v) is 3.44. The Kier molecular flexibility index (Phi) is 6.41. The Labute approximate surface area is 190 Å². The van der Waals surface area contributed by atoms with Crippen molar-refractivity contribution in [3.63, 3.8) is 0 Å². The van der Waals surface area contributed by atoms with E-state index in [9.17, 15) is 13.2 Å². The van der Waals surface area contributed by atoms with E-state index in [0.29, 0.717) is 22.4 Å². The molecule has 1 aromatic heterocycles. The van der Waals surface area contributed by atoms with Crippen LogP contribution in [0.4, 0.5) is 13.2 Å². The van der Waals surface area contributed by atoms with Gasteiger partial charge in [-0.05, 0) is 52.6 Å². The minimum absolute atomic E-state index is 0.0793. The highest BCUT2D eigenvalue weighted by Gasteiger charge is 2.16. The molecule has 0 saturated heterocycles. The first-order valence-corrected chi connectivity index (χ1v) is 10.2. The van der Waals surface area contributed by atoms with Crippen LogP contribution in [0, 0.1) is 17.5 Å². The van der Waals surface area contributed by atoms with Gasteiger partial charge in [-0.2, -0.15) is 4.39 Å². The molecule has 0 fully saturated rings. The minimum atomic E-state index is -1.05. The van der Waals surface area contributed by atoms with Gasteiger partial charge in [-0.1, -0.05) is 61.7 Å². The maximum absolute atomic E-state index is 14.8. The molecule has 0 N–H and O–H groups in total. The largest absolute Gasteiger partial charge is 0.486 e. The zero-order valence-electron chi connectivity index (χ0n) is 17.7. The summed E-state index contributed by atoms with van der Waals surface area (Å²) in [6.07, 6.45) is 4.76. The van der Waals surface area contributed by atoms with Crippen molar-refractivity contribution in [3.05, 3.63) is 115 Å². The summed E-state index contributed by atoms with van der Waals surface area (Å²) in [7, 11) is 0. The molecule has 2 nitrogen and oxygen atoms in total. The molecule has 0 spiro atoms. The van der Waals surface area contributed by atoms with Gasteiger partial charge in [0.1, 0.15) is 12.4 Å².